The zero-order chi connectivity index (χ0) is 17.2. The molecule has 0 amide bonds. The third-order valence-corrected chi connectivity index (χ3v) is 5.76. The lowest BCUT2D eigenvalue weighted by Gasteiger charge is -2.03. The van der Waals surface area contributed by atoms with Crippen LogP contribution in [-0.4, -0.2) is 11.0 Å². The highest BCUT2D eigenvalue weighted by Crippen LogP contribution is 2.27. The summed E-state index contributed by atoms with van der Waals surface area (Å²) in [5, 5.41) is 5.14. The van der Waals surface area contributed by atoms with Gasteiger partial charge in [0.2, 0.25) is 5.89 Å². The Morgan fingerprint density at radius 1 is 1.20 bits per heavy atom. The average Bonchev–Trinajstić information content (AvgIpc) is 3.34. The third-order valence-electron chi connectivity index (χ3n) is 3.89. The molecule has 0 saturated carbocycles. The molecule has 0 atom stereocenters. The first kappa shape index (κ1) is 16.1. The Kier molecular flexibility index (Phi) is 4.38. The van der Waals surface area contributed by atoms with Crippen molar-refractivity contribution in [2.75, 3.05) is 0 Å². The lowest BCUT2D eigenvalue weighted by Crippen LogP contribution is -2.08. The van der Waals surface area contributed by atoms with E-state index in [0.29, 0.717) is 17.3 Å². The molecule has 3 heterocycles. The van der Waals surface area contributed by atoms with E-state index in [1.54, 1.807) is 22.7 Å². The SMILES string of the molecule is Cc1oc(-c2cccs2)nc1CC(=O)OCc1csc2ccccc12. The lowest BCUT2D eigenvalue weighted by atomic mass is 10.2. The summed E-state index contributed by atoms with van der Waals surface area (Å²) in [6, 6.07) is 12.0. The van der Waals surface area contributed by atoms with Gasteiger partial charge < -0.3 is 9.15 Å². The van der Waals surface area contributed by atoms with Gasteiger partial charge in [-0.3, -0.25) is 4.79 Å². The number of hydrogen-bond donors (Lipinski definition) is 0. The molecule has 0 spiro atoms. The summed E-state index contributed by atoms with van der Waals surface area (Å²) < 4.78 is 12.3. The molecule has 0 fully saturated rings. The van der Waals surface area contributed by atoms with Crippen LogP contribution in [0.2, 0.25) is 0 Å². The van der Waals surface area contributed by atoms with Gasteiger partial charge >= 0.3 is 5.97 Å². The number of aryl methyl sites for hydroxylation is 1. The number of rotatable bonds is 5. The highest BCUT2D eigenvalue weighted by Gasteiger charge is 2.16. The maximum absolute atomic E-state index is 12.2. The Bertz CT molecular complexity index is 1010. The van der Waals surface area contributed by atoms with Crippen molar-refractivity contribution in [3.63, 3.8) is 0 Å². The molecule has 25 heavy (non-hydrogen) atoms. The predicted octanol–water partition coefficient (Wildman–Crippen LogP) is 5.21. The summed E-state index contributed by atoms with van der Waals surface area (Å²) >= 11 is 3.21. The number of benzene rings is 1. The van der Waals surface area contributed by atoms with Crippen LogP contribution in [0.4, 0.5) is 0 Å². The number of esters is 1. The molecule has 0 unspecified atom stereocenters. The summed E-state index contributed by atoms with van der Waals surface area (Å²) in [6.07, 6.45) is 0.114. The fourth-order valence-corrected chi connectivity index (χ4v) is 4.18. The number of ether oxygens (including phenoxy) is 1. The molecule has 4 nitrogen and oxygen atoms in total. The Balaban J connectivity index is 1.42. The average molecular weight is 369 g/mol. The van der Waals surface area contributed by atoms with Crippen LogP contribution in [0.1, 0.15) is 17.0 Å². The van der Waals surface area contributed by atoms with Crippen molar-refractivity contribution in [2.45, 2.75) is 20.0 Å². The topological polar surface area (TPSA) is 52.3 Å². The van der Waals surface area contributed by atoms with E-state index in [0.717, 1.165) is 15.8 Å². The molecule has 3 aromatic heterocycles. The van der Waals surface area contributed by atoms with Crippen LogP contribution in [0.15, 0.2) is 51.6 Å². The molecule has 0 aliphatic heterocycles. The minimum absolute atomic E-state index is 0.114. The second-order valence-electron chi connectivity index (χ2n) is 5.59. The smallest absolute Gasteiger partial charge is 0.312 e. The number of carbonyl (C=O) groups is 1. The third kappa shape index (κ3) is 3.36. The van der Waals surface area contributed by atoms with E-state index >= 15 is 0 Å². The van der Waals surface area contributed by atoms with Gasteiger partial charge in [-0.1, -0.05) is 24.3 Å². The van der Waals surface area contributed by atoms with Gasteiger partial charge in [0.25, 0.3) is 0 Å². The van der Waals surface area contributed by atoms with Gasteiger partial charge in [0.15, 0.2) is 0 Å². The first-order chi connectivity index (χ1) is 12.2. The van der Waals surface area contributed by atoms with Crippen LogP contribution < -0.4 is 0 Å². The van der Waals surface area contributed by atoms with Crippen molar-refractivity contribution in [2.24, 2.45) is 0 Å². The number of hydrogen-bond acceptors (Lipinski definition) is 6. The molecule has 4 aromatic rings. The summed E-state index contributed by atoms with van der Waals surface area (Å²) in [5.41, 5.74) is 1.66. The van der Waals surface area contributed by atoms with Crippen molar-refractivity contribution in [3.05, 3.63) is 64.2 Å². The maximum Gasteiger partial charge on any atom is 0.312 e. The summed E-state index contributed by atoms with van der Waals surface area (Å²) in [7, 11) is 0. The zero-order valence-electron chi connectivity index (χ0n) is 13.5. The number of carbonyl (C=O) groups excluding carboxylic acids is 1. The Labute approximate surface area is 152 Å². The van der Waals surface area contributed by atoms with Gasteiger partial charge in [-0.25, -0.2) is 4.98 Å². The zero-order valence-corrected chi connectivity index (χ0v) is 15.2. The number of oxazole rings is 1. The van der Waals surface area contributed by atoms with Gasteiger partial charge in [0.05, 0.1) is 17.0 Å². The molecule has 126 valence electrons. The predicted molar refractivity (Wildman–Crippen MR) is 99.9 cm³/mol. The van der Waals surface area contributed by atoms with E-state index < -0.39 is 0 Å². The van der Waals surface area contributed by atoms with E-state index in [9.17, 15) is 4.79 Å². The highest BCUT2D eigenvalue weighted by atomic mass is 32.1. The van der Waals surface area contributed by atoms with E-state index in [4.69, 9.17) is 9.15 Å². The molecule has 0 bridgehead atoms. The van der Waals surface area contributed by atoms with Crippen LogP contribution in [0.25, 0.3) is 20.9 Å². The van der Waals surface area contributed by atoms with Crippen LogP contribution in [-0.2, 0) is 22.6 Å². The molecule has 0 N–H and O–H groups in total. The van der Waals surface area contributed by atoms with Crippen LogP contribution in [0.3, 0.4) is 0 Å². The molecule has 0 aliphatic carbocycles. The minimum Gasteiger partial charge on any atom is -0.460 e. The second-order valence-corrected chi connectivity index (χ2v) is 7.45. The molecule has 6 heteroatoms. The Hall–Kier alpha value is -2.44. The molecular formula is C19H15NO3S2. The fraction of sp³-hybridized carbons (Fsp3) is 0.158. The first-order valence-electron chi connectivity index (χ1n) is 7.81. The van der Waals surface area contributed by atoms with Gasteiger partial charge in [0.1, 0.15) is 12.4 Å². The number of fused-ring (bicyclic) bond motifs is 1. The van der Waals surface area contributed by atoms with Gasteiger partial charge in [-0.05, 0) is 35.2 Å². The maximum atomic E-state index is 12.2. The highest BCUT2D eigenvalue weighted by molar-refractivity contribution is 7.17. The van der Waals surface area contributed by atoms with Gasteiger partial charge in [0, 0.05) is 10.3 Å². The second kappa shape index (κ2) is 6.82. The molecular weight excluding hydrogens is 354 g/mol. The van der Waals surface area contributed by atoms with Crippen molar-refractivity contribution in [3.8, 4) is 10.8 Å². The van der Waals surface area contributed by atoms with Gasteiger partial charge in [-0.15, -0.1) is 22.7 Å². The largest absolute Gasteiger partial charge is 0.460 e. The fourth-order valence-electron chi connectivity index (χ4n) is 2.59. The number of aromatic nitrogens is 1. The molecule has 4 rings (SSSR count). The van der Waals surface area contributed by atoms with Crippen molar-refractivity contribution < 1.29 is 13.9 Å². The van der Waals surface area contributed by atoms with E-state index in [1.807, 2.05) is 48.0 Å². The molecule has 0 aliphatic rings. The van der Waals surface area contributed by atoms with Crippen molar-refractivity contribution >= 4 is 38.7 Å². The molecule has 1 aromatic carbocycles. The quantitative estimate of drug-likeness (QED) is 0.453. The summed E-state index contributed by atoms with van der Waals surface area (Å²) in [6.45, 7) is 2.09. The lowest BCUT2D eigenvalue weighted by molar-refractivity contribution is -0.144. The van der Waals surface area contributed by atoms with Crippen molar-refractivity contribution in [1.82, 2.24) is 4.98 Å². The minimum atomic E-state index is -0.301. The monoisotopic (exact) mass is 369 g/mol. The van der Waals surface area contributed by atoms with Gasteiger partial charge in [-0.2, -0.15) is 0 Å². The van der Waals surface area contributed by atoms with E-state index in [2.05, 4.69) is 11.1 Å². The number of thiophene rings is 2. The molecule has 0 radical (unpaired) electrons. The summed E-state index contributed by atoms with van der Waals surface area (Å²) in [5.74, 6) is 0.907. The normalized spacial score (nSPS) is 11.1. The van der Waals surface area contributed by atoms with E-state index in [1.165, 1.54) is 4.70 Å². The Morgan fingerprint density at radius 2 is 2.08 bits per heavy atom. The first-order valence-corrected chi connectivity index (χ1v) is 9.57. The van der Waals surface area contributed by atoms with E-state index in [-0.39, 0.29) is 19.0 Å². The summed E-state index contributed by atoms with van der Waals surface area (Å²) in [4.78, 5) is 17.6. The molecule has 0 saturated heterocycles. The number of nitrogens with zero attached hydrogens (tertiary/aromatic N) is 1. The van der Waals surface area contributed by atoms with Crippen LogP contribution in [0, 0.1) is 6.92 Å². The van der Waals surface area contributed by atoms with Crippen LogP contribution in [0.5, 0.6) is 0 Å². The van der Waals surface area contributed by atoms with Crippen molar-refractivity contribution in [1.29, 1.82) is 0 Å². The van der Waals surface area contributed by atoms with Crippen LogP contribution >= 0.6 is 22.7 Å². The standard InChI is InChI=1S/C19H15NO3S2/c1-12-15(20-19(23-12)17-7-4-8-24-17)9-18(21)22-10-13-11-25-16-6-3-2-5-14(13)16/h2-8,11H,9-10H2,1H3. The Morgan fingerprint density at radius 3 is 2.92 bits per heavy atom.